The van der Waals surface area contributed by atoms with Gasteiger partial charge in [-0.15, -0.1) is 11.3 Å². The Hall–Kier alpha value is -1.23. The first-order valence-corrected chi connectivity index (χ1v) is 7.27. The lowest BCUT2D eigenvalue weighted by Gasteiger charge is -2.13. The number of para-hydroxylation sites is 1. The fourth-order valence-corrected chi connectivity index (χ4v) is 3.70. The number of hydrogen-bond donors (Lipinski definition) is 1. The largest absolute Gasteiger partial charge is 0.320 e. The SMILES string of the molecule is NC(c1sccc1Br)c1ccnc2ccccc12. The van der Waals surface area contributed by atoms with Crippen LogP contribution in [0.3, 0.4) is 0 Å². The van der Waals surface area contributed by atoms with E-state index in [0.717, 1.165) is 25.8 Å². The molecule has 4 heteroatoms. The summed E-state index contributed by atoms with van der Waals surface area (Å²) in [6.45, 7) is 0. The molecule has 0 aliphatic carbocycles. The van der Waals surface area contributed by atoms with Gasteiger partial charge in [0, 0.05) is 20.9 Å². The van der Waals surface area contributed by atoms with E-state index in [9.17, 15) is 0 Å². The van der Waals surface area contributed by atoms with Crippen LogP contribution in [0.4, 0.5) is 0 Å². The first-order valence-electron chi connectivity index (χ1n) is 5.59. The van der Waals surface area contributed by atoms with Crippen LogP contribution in [0.1, 0.15) is 16.5 Å². The molecule has 2 heterocycles. The third-order valence-corrected chi connectivity index (χ3v) is 4.90. The Labute approximate surface area is 118 Å². The van der Waals surface area contributed by atoms with E-state index in [4.69, 9.17) is 5.73 Å². The number of pyridine rings is 1. The van der Waals surface area contributed by atoms with Gasteiger partial charge in [0.05, 0.1) is 11.6 Å². The molecule has 0 amide bonds. The molecule has 1 unspecified atom stereocenters. The van der Waals surface area contributed by atoms with Crippen molar-refractivity contribution >= 4 is 38.2 Å². The minimum absolute atomic E-state index is 0.118. The number of benzene rings is 1. The van der Waals surface area contributed by atoms with Gasteiger partial charge in [-0.2, -0.15) is 0 Å². The van der Waals surface area contributed by atoms with Crippen LogP contribution in [-0.4, -0.2) is 4.98 Å². The molecular weight excluding hydrogens is 308 g/mol. The lowest BCUT2D eigenvalue weighted by Crippen LogP contribution is -2.11. The zero-order chi connectivity index (χ0) is 12.5. The number of thiophene rings is 1. The molecule has 1 aromatic carbocycles. The van der Waals surface area contributed by atoms with Gasteiger partial charge in [0.15, 0.2) is 0 Å². The summed E-state index contributed by atoms with van der Waals surface area (Å²) < 4.78 is 1.07. The summed E-state index contributed by atoms with van der Waals surface area (Å²) in [7, 11) is 0. The van der Waals surface area contributed by atoms with Crippen molar-refractivity contribution in [2.75, 3.05) is 0 Å². The highest BCUT2D eigenvalue weighted by atomic mass is 79.9. The van der Waals surface area contributed by atoms with Gasteiger partial charge < -0.3 is 5.73 Å². The maximum atomic E-state index is 6.38. The van der Waals surface area contributed by atoms with Gasteiger partial charge in [0.1, 0.15) is 0 Å². The molecule has 0 fully saturated rings. The molecule has 0 aliphatic heterocycles. The van der Waals surface area contributed by atoms with E-state index in [1.54, 1.807) is 11.3 Å². The van der Waals surface area contributed by atoms with Crippen LogP contribution in [0.25, 0.3) is 10.9 Å². The number of fused-ring (bicyclic) bond motifs is 1. The van der Waals surface area contributed by atoms with E-state index < -0.39 is 0 Å². The summed E-state index contributed by atoms with van der Waals surface area (Å²) >= 11 is 5.21. The Kier molecular flexibility index (Phi) is 3.16. The maximum Gasteiger partial charge on any atom is 0.0705 e. The Morgan fingerprint density at radius 2 is 2.00 bits per heavy atom. The maximum absolute atomic E-state index is 6.38. The lowest BCUT2D eigenvalue weighted by molar-refractivity contribution is 0.896. The molecule has 0 saturated carbocycles. The average Bonchev–Trinajstić information content (AvgIpc) is 2.83. The molecule has 0 saturated heterocycles. The Morgan fingerprint density at radius 3 is 2.78 bits per heavy atom. The van der Waals surface area contributed by atoms with Crippen molar-refractivity contribution in [3.8, 4) is 0 Å². The van der Waals surface area contributed by atoms with Crippen LogP contribution in [0.15, 0.2) is 52.4 Å². The van der Waals surface area contributed by atoms with E-state index in [-0.39, 0.29) is 6.04 Å². The molecule has 3 rings (SSSR count). The Balaban J connectivity index is 2.18. The second-order valence-corrected chi connectivity index (χ2v) is 5.83. The summed E-state index contributed by atoms with van der Waals surface area (Å²) in [6.07, 6.45) is 1.82. The quantitative estimate of drug-likeness (QED) is 0.772. The fraction of sp³-hybridized carbons (Fsp3) is 0.0714. The molecular formula is C14H11BrN2S. The lowest BCUT2D eigenvalue weighted by atomic mass is 10.0. The number of hydrogen-bond acceptors (Lipinski definition) is 3. The number of nitrogens with zero attached hydrogens (tertiary/aromatic N) is 1. The van der Waals surface area contributed by atoms with Crippen LogP contribution in [0.5, 0.6) is 0 Å². The second-order valence-electron chi connectivity index (χ2n) is 4.03. The monoisotopic (exact) mass is 318 g/mol. The van der Waals surface area contributed by atoms with Crippen LogP contribution >= 0.6 is 27.3 Å². The van der Waals surface area contributed by atoms with Crippen molar-refractivity contribution in [2.24, 2.45) is 5.73 Å². The van der Waals surface area contributed by atoms with Crippen molar-refractivity contribution in [1.82, 2.24) is 4.98 Å². The van der Waals surface area contributed by atoms with Crippen molar-refractivity contribution in [3.63, 3.8) is 0 Å². The van der Waals surface area contributed by atoms with Gasteiger partial charge in [0.25, 0.3) is 0 Å². The van der Waals surface area contributed by atoms with E-state index in [1.165, 1.54) is 0 Å². The number of halogens is 1. The first kappa shape index (κ1) is 11.8. The Morgan fingerprint density at radius 1 is 1.17 bits per heavy atom. The van der Waals surface area contributed by atoms with Crippen molar-refractivity contribution < 1.29 is 0 Å². The summed E-state index contributed by atoms with van der Waals surface area (Å²) in [4.78, 5) is 5.51. The van der Waals surface area contributed by atoms with Crippen LogP contribution < -0.4 is 5.73 Å². The minimum atomic E-state index is -0.118. The van der Waals surface area contributed by atoms with Gasteiger partial charge >= 0.3 is 0 Å². The van der Waals surface area contributed by atoms with E-state index in [0.29, 0.717) is 0 Å². The highest BCUT2D eigenvalue weighted by Gasteiger charge is 2.16. The third kappa shape index (κ3) is 1.96. The average molecular weight is 319 g/mol. The molecule has 2 nitrogen and oxygen atoms in total. The normalized spacial score (nSPS) is 12.8. The topological polar surface area (TPSA) is 38.9 Å². The molecule has 2 aromatic heterocycles. The van der Waals surface area contributed by atoms with Gasteiger partial charge in [0.2, 0.25) is 0 Å². The molecule has 3 aromatic rings. The zero-order valence-electron chi connectivity index (χ0n) is 9.51. The first-order chi connectivity index (χ1) is 8.77. The predicted molar refractivity (Wildman–Crippen MR) is 79.8 cm³/mol. The van der Waals surface area contributed by atoms with E-state index >= 15 is 0 Å². The van der Waals surface area contributed by atoms with Crippen molar-refractivity contribution in [1.29, 1.82) is 0 Å². The molecule has 0 bridgehead atoms. The van der Waals surface area contributed by atoms with E-state index in [2.05, 4.69) is 27.0 Å². The van der Waals surface area contributed by atoms with Gasteiger partial charge in [-0.25, -0.2) is 0 Å². The highest BCUT2D eigenvalue weighted by Crippen LogP contribution is 2.33. The minimum Gasteiger partial charge on any atom is -0.320 e. The Bertz CT molecular complexity index is 688. The molecule has 0 radical (unpaired) electrons. The molecule has 90 valence electrons. The second kappa shape index (κ2) is 4.80. The van der Waals surface area contributed by atoms with Crippen LogP contribution in [0.2, 0.25) is 0 Å². The zero-order valence-corrected chi connectivity index (χ0v) is 11.9. The molecule has 0 aliphatic rings. The number of nitrogens with two attached hydrogens (primary N) is 1. The number of rotatable bonds is 2. The van der Waals surface area contributed by atoms with E-state index in [1.807, 2.05) is 41.9 Å². The molecule has 18 heavy (non-hydrogen) atoms. The van der Waals surface area contributed by atoms with Gasteiger partial charge in [-0.1, -0.05) is 18.2 Å². The van der Waals surface area contributed by atoms with Crippen LogP contribution in [-0.2, 0) is 0 Å². The summed E-state index contributed by atoms with van der Waals surface area (Å²) in [5, 5.41) is 3.16. The van der Waals surface area contributed by atoms with Crippen molar-refractivity contribution in [3.05, 3.63) is 62.9 Å². The van der Waals surface area contributed by atoms with Gasteiger partial charge in [-0.05, 0) is 45.1 Å². The van der Waals surface area contributed by atoms with Gasteiger partial charge in [-0.3, -0.25) is 4.98 Å². The molecule has 2 N–H and O–H groups in total. The highest BCUT2D eigenvalue weighted by molar-refractivity contribution is 9.10. The van der Waals surface area contributed by atoms with Crippen LogP contribution in [0, 0.1) is 0 Å². The predicted octanol–water partition coefficient (Wildman–Crippen LogP) is 4.11. The summed E-state index contributed by atoms with van der Waals surface area (Å²) in [5.74, 6) is 0. The number of aromatic nitrogens is 1. The summed E-state index contributed by atoms with van der Waals surface area (Å²) in [6, 6.07) is 12.0. The van der Waals surface area contributed by atoms with Crippen molar-refractivity contribution in [2.45, 2.75) is 6.04 Å². The standard InChI is InChI=1S/C14H11BrN2S/c15-11-6-8-18-14(11)13(16)10-5-7-17-12-4-2-1-3-9(10)12/h1-8,13H,16H2. The summed E-state index contributed by atoms with van der Waals surface area (Å²) in [5.41, 5.74) is 8.48. The smallest absolute Gasteiger partial charge is 0.0705 e. The molecule has 1 atom stereocenters. The fourth-order valence-electron chi connectivity index (χ4n) is 2.06. The third-order valence-electron chi connectivity index (χ3n) is 2.95. The molecule has 0 spiro atoms.